The summed E-state index contributed by atoms with van der Waals surface area (Å²) in [7, 11) is -1.32. The number of ether oxygens (including phenoxy) is 3. The largest absolute Gasteiger partial charge is 0.466 e. The molecule has 0 aliphatic heterocycles. The Hall–Kier alpha value is -0.380. The summed E-state index contributed by atoms with van der Waals surface area (Å²) < 4.78 is 28.1. The monoisotopic (exact) mass is 308 g/mol. The Labute approximate surface area is 123 Å². The Morgan fingerprint density at radius 1 is 1.10 bits per heavy atom. The molecule has 0 amide bonds. The summed E-state index contributed by atoms with van der Waals surface area (Å²) in [6.45, 7) is 10.7. The summed E-state index contributed by atoms with van der Waals surface area (Å²) in [5.74, 6) is -0.204. The van der Waals surface area contributed by atoms with Crippen molar-refractivity contribution in [2.75, 3.05) is 19.8 Å². The fraction of sp³-hybridized carbons (Fsp3) is 0.929. The molecule has 0 aromatic rings. The summed E-state index contributed by atoms with van der Waals surface area (Å²) in [6, 6.07) is 0. The lowest BCUT2D eigenvalue weighted by atomic mass is 9.93. The molecule has 0 fully saturated rings. The van der Waals surface area contributed by atoms with Gasteiger partial charge in [0.25, 0.3) is 0 Å². The number of rotatable bonds is 11. The fourth-order valence-electron chi connectivity index (χ4n) is 2.27. The minimum absolute atomic E-state index is 0.168. The highest BCUT2D eigenvalue weighted by Gasteiger charge is 2.41. The lowest BCUT2D eigenvalue weighted by molar-refractivity contribution is -0.207. The number of esters is 1. The molecule has 0 heterocycles. The van der Waals surface area contributed by atoms with Crippen LogP contribution in [-0.4, -0.2) is 31.3 Å². The van der Waals surface area contributed by atoms with Gasteiger partial charge in [-0.3, -0.25) is 4.79 Å². The van der Waals surface area contributed by atoms with Crippen LogP contribution in [0.15, 0.2) is 0 Å². The maximum atomic E-state index is 11.8. The first kappa shape index (κ1) is 19.6. The van der Waals surface area contributed by atoms with Crippen LogP contribution in [0.4, 0.5) is 0 Å². The molecule has 0 aromatic heterocycles. The van der Waals surface area contributed by atoms with Crippen LogP contribution >= 0.6 is 8.46 Å². The summed E-state index contributed by atoms with van der Waals surface area (Å²) >= 11 is 0. The van der Waals surface area contributed by atoms with E-state index in [2.05, 4.69) is 13.8 Å². The van der Waals surface area contributed by atoms with Crippen molar-refractivity contribution in [1.82, 2.24) is 0 Å². The van der Waals surface area contributed by atoms with Crippen molar-refractivity contribution in [3.05, 3.63) is 0 Å². The van der Waals surface area contributed by atoms with Gasteiger partial charge >= 0.3 is 5.97 Å². The van der Waals surface area contributed by atoms with Crippen LogP contribution in [0.5, 0.6) is 0 Å². The molecule has 0 spiro atoms. The van der Waals surface area contributed by atoms with Crippen molar-refractivity contribution in [3.8, 4) is 0 Å². The number of hydrogen-bond donors (Lipinski definition) is 0. The first-order valence-corrected chi connectivity index (χ1v) is 8.40. The van der Waals surface area contributed by atoms with E-state index in [4.69, 9.17) is 14.2 Å². The number of carbonyl (C=O) groups is 1. The average Bonchev–Trinajstić information content (AvgIpc) is 2.37. The molecule has 20 heavy (non-hydrogen) atoms. The maximum absolute atomic E-state index is 11.8. The number of hydrogen-bond acceptors (Lipinski definition) is 5. The highest BCUT2D eigenvalue weighted by atomic mass is 31.1. The van der Waals surface area contributed by atoms with Crippen LogP contribution in [0.3, 0.4) is 0 Å². The predicted molar refractivity (Wildman–Crippen MR) is 80.6 cm³/mol. The van der Waals surface area contributed by atoms with E-state index in [1.165, 1.54) is 0 Å². The quantitative estimate of drug-likeness (QED) is 0.333. The second-order valence-electron chi connectivity index (χ2n) is 5.04. The van der Waals surface area contributed by atoms with Gasteiger partial charge in [-0.05, 0) is 33.1 Å². The van der Waals surface area contributed by atoms with Crippen molar-refractivity contribution < 1.29 is 23.6 Å². The highest BCUT2D eigenvalue weighted by molar-refractivity contribution is 7.25. The molecular formula is C14H29O5P. The molecule has 0 aliphatic rings. The summed E-state index contributed by atoms with van der Waals surface area (Å²) in [5, 5.41) is 0. The molecule has 2 unspecified atom stereocenters. The van der Waals surface area contributed by atoms with Gasteiger partial charge in [-0.2, -0.15) is 0 Å². The zero-order chi connectivity index (χ0) is 15.6. The molecule has 120 valence electrons. The molecule has 0 aliphatic carbocycles. The second kappa shape index (κ2) is 10.4. The van der Waals surface area contributed by atoms with Crippen molar-refractivity contribution in [3.63, 3.8) is 0 Å². The van der Waals surface area contributed by atoms with E-state index in [0.717, 1.165) is 0 Å². The van der Waals surface area contributed by atoms with Gasteiger partial charge in [-0.15, -0.1) is 0 Å². The molecule has 0 N–H and O–H groups in total. The first-order valence-electron chi connectivity index (χ1n) is 7.35. The molecule has 5 nitrogen and oxygen atoms in total. The number of carbonyl (C=O) groups excluding carboxylic acids is 1. The van der Waals surface area contributed by atoms with Crippen LogP contribution in [-0.2, 0) is 23.6 Å². The van der Waals surface area contributed by atoms with Gasteiger partial charge in [0.2, 0.25) is 5.53 Å². The van der Waals surface area contributed by atoms with E-state index >= 15 is 0 Å². The standard InChI is InChI=1S/C14H29O5P/c1-6-17-13(15)10-12(9-11(4)5)14(20-16,18-7-2)19-8-3/h11-12H,6-10,20H2,1-5H3. The van der Waals surface area contributed by atoms with E-state index in [1.54, 1.807) is 6.92 Å². The predicted octanol–water partition coefficient (Wildman–Crippen LogP) is 3.09. The lowest BCUT2D eigenvalue weighted by Gasteiger charge is -2.36. The zero-order valence-corrected chi connectivity index (χ0v) is 14.5. The van der Waals surface area contributed by atoms with Crippen molar-refractivity contribution in [2.24, 2.45) is 11.8 Å². The Morgan fingerprint density at radius 3 is 2.00 bits per heavy atom. The molecule has 0 aromatic carbocycles. The van der Waals surface area contributed by atoms with Gasteiger partial charge in [-0.25, -0.2) is 0 Å². The molecular weight excluding hydrogens is 279 g/mol. The summed E-state index contributed by atoms with van der Waals surface area (Å²) in [4.78, 5) is 11.8. The Balaban J connectivity index is 5.17. The molecule has 0 saturated heterocycles. The molecule has 2 atom stereocenters. The summed E-state index contributed by atoms with van der Waals surface area (Å²) in [5.41, 5.74) is -1.15. The molecule has 0 saturated carbocycles. The van der Waals surface area contributed by atoms with Gasteiger partial charge in [0.1, 0.15) is 8.46 Å². The third-order valence-electron chi connectivity index (χ3n) is 2.95. The smallest absolute Gasteiger partial charge is 0.306 e. The average molecular weight is 308 g/mol. The highest BCUT2D eigenvalue weighted by Crippen LogP contribution is 2.40. The van der Waals surface area contributed by atoms with Crippen LogP contribution in [0, 0.1) is 11.8 Å². The van der Waals surface area contributed by atoms with Crippen LogP contribution in [0.25, 0.3) is 0 Å². The minimum atomic E-state index is -1.32. The van der Waals surface area contributed by atoms with Gasteiger partial charge in [0.05, 0.1) is 13.0 Å². The Bertz CT molecular complexity index is 287. The second-order valence-corrected chi connectivity index (χ2v) is 6.08. The van der Waals surface area contributed by atoms with Crippen LogP contribution < -0.4 is 0 Å². The Kier molecular flexibility index (Phi) is 10.2. The fourth-order valence-corrected chi connectivity index (χ4v) is 3.19. The van der Waals surface area contributed by atoms with Crippen molar-refractivity contribution in [2.45, 2.75) is 53.0 Å². The van der Waals surface area contributed by atoms with E-state index < -0.39 is 14.0 Å². The van der Waals surface area contributed by atoms with E-state index in [1.807, 2.05) is 13.8 Å². The van der Waals surface area contributed by atoms with Crippen molar-refractivity contribution in [1.29, 1.82) is 0 Å². The van der Waals surface area contributed by atoms with Gasteiger partial charge in [0.15, 0.2) is 0 Å². The molecule has 0 rings (SSSR count). The topological polar surface area (TPSA) is 61.8 Å². The molecule has 0 radical (unpaired) electrons. The molecule has 0 bridgehead atoms. The van der Waals surface area contributed by atoms with Crippen LogP contribution in [0.2, 0.25) is 0 Å². The molecule has 6 heteroatoms. The summed E-state index contributed by atoms with van der Waals surface area (Å²) in [6.07, 6.45) is 0.870. The maximum Gasteiger partial charge on any atom is 0.306 e. The van der Waals surface area contributed by atoms with E-state index in [9.17, 15) is 9.36 Å². The van der Waals surface area contributed by atoms with Gasteiger partial charge < -0.3 is 18.8 Å². The van der Waals surface area contributed by atoms with Crippen LogP contribution in [0.1, 0.15) is 47.5 Å². The van der Waals surface area contributed by atoms with E-state index in [-0.39, 0.29) is 18.3 Å². The third-order valence-corrected chi connectivity index (χ3v) is 4.08. The first-order chi connectivity index (χ1) is 9.45. The van der Waals surface area contributed by atoms with Gasteiger partial charge in [0, 0.05) is 19.1 Å². The van der Waals surface area contributed by atoms with E-state index in [0.29, 0.717) is 32.2 Å². The normalized spacial score (nSPS) is 14.1. The SMILES string of the molecule is CCOC(=O)CC(CC(C)C)C(OCC)(OCC)[PH2]=O. The van der Waals surface area contributed by atoms with Gasteiger partial charge in [-0.1, -0.05) is 13.8 Å². The van der Waals surface area contributed by atoms with Crippen molar-refractivity contribution >= 4 is 14.4 Å². The minimum Gasteiger partial charge on any atom is -0.466 e. The lowest BCUT2D eigenvalue weighted by Crippen LogP contribution is -2.40. The zero-order valence-electron chi connectivity index (χ0n) is 13.3. The third kappa shape index (κ3) is 6.38. The Morgan fingerprint density at radius 2 is 1.65 bits per heavy atom.